The topological polar surface area (TPSA) is 100 Å². The second-order valence-corrected chi connectivity index (χ2v) is 7.12. The lowest BCUT2D eigenvalue weighted by molar-refractivity contribution is -0.127. The third kappa shape index (κ3) is 4.49. The van der Waals surface area contributed by atoms with Crippen molar-refractivity contribution in [1.29, 1.82) is 0 Å². The lowest BCUT2D eigenvalue weighted by atomic mass is 10.1. The molecule has 3 heterocycles. The first-order chi connectivity index (χ1) is 13.5. The van der Waals surface area contributed by atoms with Crippen LogP contribution in [-0.2, 0) is 4.79 Å². The molecule has 8 nitrogen and oxygen atoms in total. The Morgan fingerprint density at radius 3 is 2.89 bits per heavy atom. The van der Waals surface area contributed by atoms with Crippen LogP contribution in [0.4, 0.5) is 0 Å². The number of piperidine rings is 1. The van der Waals surface area contributed by atoms with E-state index in [0.29, 0.717) is 48.5 Å². The number of nitrogens with zero attached hydrogens (tertiary/aromatic N) is 3. The van der Waals surface area contributed by atoms with Gasteiger partial charge in [-0.15, -0.1) is 0 Å². The van der Waals surface area contributed by atoms with E-state index in [2.05, 4.69) is 33.8 Å². The second-order valence-electron chi connectivity index (χ2n) is 7.12. The zero-order chi connectivity index (χ0) is 20.1. The number of fused-ring (bicyclic) bond motifs is 1. The van der Waals surface area contributed by atoms with E-state index < -0.39 is 0 Å². The molecule has 28 heavy (non-hydrogen) atoms. The van der Waals surface area contributed by atoms with E-state index >= 15 is 0 Å². The standard InChI is InChI=1S/C20H27N5O3/c1-4-6-13(3)23-20(27)15-11-21-19-18(15)24-16(12-22-19)28-14-7-9-25(10-8-14)17(26)5-2/h5,11-14H,2,4,6-10H2,1,3H3,(H,21,22)(H,23,27). The van der Waals surface area contributed by atoms with E-state index in [1.165, 1.54) is 6.08 Å². The minimum absolute atomic E-state index is 0.0404. The Labute approximate surface area is 164 Å². The highest BCUT2D eigenvalue weighted by atomic mass is 16.5. The first-order valence-electron chi connectivity index (χ1n) is 9.74. The van der Waals surface area contributed by atoms with Gasteiger partial charge in [0.2, 0.25) is 11.8 Å². The molecule has 1 unspecified atom stereocenters. The van der Waals surface area contributed by atoms with E-state index in [-0.39, 0.29) is 24.0 Å². The first-order valence-corrected chi connectivity index (χ1v) is 9.74. The van der Waals surface area contributed by atoms with Gasteiger partial charge in [-0.3, -0.25) is 9.59 Å². The number of carbonyl (C=O) groups is 2. The molecule has 1 fully saturated rings. The van der Waals surface area contributed by atoms with Gasteiger partial charge in [-0.05, 0) is 19.4 Å². The van der Waals surface area contributed by atoms with Gasteiger partial charge in [-0.25, -0.2) is 9.97 Å². The third-order valence-corrected chi connectivity index (χ3v) is 4.92. The van der Waals surface area contributed by atoms with E-state index in [1.807, 2.05) is 6.92 Å². The van der Waals surface area contributed by atoms with Crippen LogP contribution in [-0.4, -0.2) is 56.9 Å². The fraction of sp³-hybridized carbons (Fsp3) is 0.500. The summed E-state index contributed by atoms with van der Waals surface area (Å²) in [4.78, 5) is 37.8. The van der Waals surface area contributed by atoms with Crippen LogP contribution in [0.25, 0.3) is 11.2 Å². The predicted octanol–water partition coefficient (Wildman–Crippen LogP) is 2.43. The monoisotopic (exact) mass is 385 g/mol. The zero-order valence-corrected chi connectivity index (χ0v) is 16.4. The van der Waals surface area contributed by atoms with Crippen molar-refractivity contribution in [1.82, 2.24) is 25.2 Å². The van der Waals surface area contributed by atoms with E-state index in [1.54, 1.807) is 17.3 Å². The number of aromatic amines is 1. The molecule has 1 atom stereocenters. The average molecular weight is 385 g/mol. The summed E-state index contributed by atoms with van der Waals surface area (Å²) in [5.74, 6) is 0.158. The van der Waals surface area contributed by atoms with Crippen molar-refractivity contribution in [3.63, 3.8) is 0 Å². The molecule has 0 spiro atoms. The van der Waals surface area contributed by atoms with Crippen LogP contribution >= 0.6 is 0 Å². The van der Waals surface area contributed by atoms with Crippen molar-refractivity contribution in [3.8, 4) is 5.88 Å². The van der Waals surface area contributed by atoms with Gasteiger partial charge in [0, 0.05) is 38.2 Å². The highest BCUT2D eigenvalue weighted by molar-refractivity contribution is 6.04. The number of amides is 2. The highest BCUT2D eigenvalue weighted by Crippen LogP contribution is 2.21. The maximum absolute atomic E-state index is 12.5. The average Bonchev–Trinajstić information content (AvgIpc) is 3.11. The van der Waals surface area contributed by atoms with E-state index in [4.69, 9.17) is 4.74 Å². The van der Waals surface area contributed by atoms with E-state index in [0.717, 1.165) is 12.8 Å². The fourth-order valence-electron chi connectivity index (χ4n) is 3.41. The van der Waals surface area contributed by atoms with Gasteiger partial charge in [-0.2, -0.15) is 0 Å². The lowest BCUT2D eigenvalue weighted by Crippen LogP contribution is -2.41. The molecule has 0 bridgehead atoms. The van der Waals surface area contributed by atoms with Crippen LogP contribution in [0.5, 0.6) is 5.88 Å². The largest absolute Gasteiger partial charge is 0.473 e. The maximum Gasteiger partial charge on any atom is 0.255 e. The number of ether oxygens (including phenoxy) is 1. The molecule has 3 rings (SSSR count). The van der Waals surface area contributed by atoms with Crippen molar-refractivity contribution < 1.29 is 14.3 Å². The van der Waals surface area contributed by atoms with Crippen LogP contribution in [0, 0.1) is 0 Å². The molecule has 0 aliphatic carbocycles. The predicted molar refractivity (Wildman–Crippen MR) is 106 cm³/mol. The Kier molecular flexibility index (Phi) is 6.28. The van der Waals surface area contributed by atoms with Gasteiger partial charge in [0.05, 0.1) is 11.8 Å². The van der Waals surface area contributed by atoms with Crippen molar-refractivity contribution >= 4 is 23.0 Å². The van der Waals surface area contributed by atoms with Crippen LogP contribution in [0.3, 0.4) is 0 Å². The molecule has 2 amide bonds. The molecule has 2 aromatic heterocycles. The van der Waals surface area contributed by atoms with Gasteiger partial charge < -0.3 is 19.9 Å². The molecule has 2 aromatic rings. The van der Waals surface area contributed by atoms with Crippen molar-refractivity contribution in [2.75, 3.05) is 13.1 Å². The number of carbonyl (C=O) groups excluding carboxylic acids is 2. The molecule has 8 heteroatoms. The maximum atomic E-state index is 12.5. The zero-order valence-electron chi connectivity index (χ0n) is 16.4. The SMILES string of the molecule is C=CC(=O)N1CCC(Oc2cnc3[nH]cc(C(=O)NC(C)CCC)c3n2)CC1. The quantitative estimate of drug-likeness (QED) is 0.713. The molecular formula is C20H27N5O3. The van der Waals surface area contributed by atoms with Crippen molar-refractivity contribution in [3.05, 3.63) is 30.6 Å². The normalized spacial score (nSPS) is 16.0. The summed E-state index contributed by atoms with van der Waals surface area (Å²) < 4.78 is 5.97. The smallest absolute Gasteiger partial charge is 0.255 e. The Bertz CT molecular complexity index is 855. The minimum Gasteiger partial charge on any atom is -0.473 e. The van der Waals surface area contributed by atoms with Gasteiger partial charge >= 0.3 is 0 Å². The molecule has 150 valence electrons. The Balaban J connectivity index is 1.68. The molecule has 1 aliphatic heterocycles. The van der Waals surface area contributed by atoms with Crippen LogP contribution < -0.4 is 10.1 Å². The van der Waals surface area contributed by atoms with Crippen LogP contribution in [0.2, 0.25) is 0 Å². The van der Waals surface area contributed by atoms with Crippen molar-refractivity contribution in [2.24, 2.45) is 0 Å². The number of aromatic nitrogens is 3. The number of rotatable bonds is 7. The molecule has 0 radical (unpaired) electrons. The van der Waals surface area contributed by atoms with Crippen molar-refractivity contribution in [2.45, 2.75) is 51.7 Å². The molecule has 1 aliphatic rings. The summed E-state index contributed by atoms with van der Waals surface area (Å²) >= 11 is 0. The molecule has 1 saturated heterocycles. The summed E-state index contributed by atoms with van der Waals surface area (Å²) in [6.45, 7) is 8.84. The molecular weight excluding hydrogens is 358 g/mol. The number of hydrogen-bond acceptors (Lipinski definition) is 5. The molecule has 0 saturated carbocycles. The number of H-pyrrole nitrogens is 1. The second kappa shape index (κ2) is 8.86. The summed E-state index contributed by atoms with van der Waals surface area (Å²) in [6, 6.07) is 0.0957. The fourth-order valence-corrected chi connectivity index (χ4v) is 3.41. The highest BCUT2D eigenvalue weighted by Gasteiger charge is 2.23. The third-order valence-electron chi connectivity index (χ3n) is 4.92. The van der Waals surface area contributed by atoms with Gasteiger partial charge in [0.1, 0.15) is 11.6 Å². The Hall–Kier alpha value is -2.90. The summed E-state index contributed by atoms with van der Waals surface area (Å²) in [6.07, 6.45) is 7.83. The molecule has 0 aromatic carbocycles. The van der Waals surface area contributed by atoms with Gasteiger partial charge in [0.25, 0.3) is 5.91 Å². The van der Waals surface area contributed by atoms with Gasteiger partial charge in [0.15, 0.2) is 5.65 Å². The van der Waals surface area contributed by atoms with Crippen LogP contribution in [0.1, 0.15) is 49.9 Å². The van der Waals surface area contributed by atoms with Gasteiger partial charge in [-0.1, -0.05) is 19.9 Å². The van der Waals surface area contributed by atoms with E-state index in [9.17, 15) is 9.59 Å². The lowest BCUT2D eigenvalue weighted by Gasteiger charge is -2.31. The molecule has 2 N–H and O–H groups in total. The van der Waals surface area contributed by atoms with Crippen LogP contribution in [0.15, 0.2) is 25.0 Å². The first kappa shape index (κ1) is 19.9. The summed E-state index contributed by atoms with van der Waals surface area (Å²) in [5.41, 5.74) is 1.51. The number of hydrogen-bond donors (Lipinski definition) is 2. The Morgan fingerprint density at radius 1 is 1.46 bits per heavy atom. The number of nitrogens with one attached hydrogen (secondary N) is 2. The Morgan fingerprint density at radius 2 is 2.21 bits per heavy atom. The summed E-state index contributed by atoms with van der Waals surface area (Å²) in [5, 5.41) is 2.98. The summed E-state index contributed by atoms with van der Waals surface area (Å²) in [7, 11) is 0. The number of likely N-dealkylation sites (tertiary alicyclic amines) is 1. The minimum atomic E-state index is -0.171.